The van der Waals surface area contributed by atoms with Crippen LogP contribution in [0.2, 0.25) is 0 Å². The van der Waals surface area contributed by atoms with Gasteiger partial charge in [0.15, 0.2) is 5.82 Å². The number of fused-ring (bicyclic) bond motifs is 1. The molecule has 0 spiro atoms. The molecule has 7 heteroatoms. The van der Waals surface area contributed by atoms with E-state index in [0.29, 0.717) is 5.16 Å². The Morgan fingerprint density at radius 3 is 3.00 bits per heavy atom. The molecular weight excluding hydrogens is 264 g/mol. The predicted octanol–water partition coefficient (Wildman–Crippen LogP) is 1.11. The van der Waals surface area contributed by atoms with Gasteiger partial charge in [0.25, 0.3) is 0 Å². The third kappa shape index (κ3) is 2.69. The van der Waals surface area contributed by atoms with E-state index >= 15 is 0 Å². The minimum atomic E-state index is 0.580. The summed E-state index contributed by atoms with van der Waals surface area (Å²) in [5.41, 5.74) is 5.10. The molecule has 2 aliphatic rings. The van der Waals surface area contributed by atoms with Gasteiger partial charge in [-0.15, -0.1) is 0 Å². The molecule has 6 nitrogen and oxygen atoms in total. The highest BCUT2D eigenvalue weighted by molar-refractivity contribution is 6.29. The number of nitrogens with zero attached hydrogens (tertiary/aromatic N) is 4. The Labute approximate surface area is 117 Å². The predicted molar refractivity (Wildman–Crippen MR) is 75.1 cm³/mol. The van der Waals surface area contributed by atoms with Crippen LogP contribution in [0.1, 0.15) is 5.69 Å². The average Bonchev–Trinajstić information content (AvgIpc) is 2.68. The van der Waals surface area contributed by atoms with Crippen molar-refractivity contribution < 1.29 is 0 Å². The number of rotatable bonds is 2. The van der Waals surface area contributed by atoms with Crippen LogP contribution in [-0.2, 0) is 13.1 Å². The summed E-state index contributed by atoms with van der Waals surface area (Å²) in [6.07, 6.45) is 3.77. The number of hydrogen-bond donors (Lipinski definition) is 2. The minimum absolute atomic E-state index is 0.580. The van der Waals surface area contributed by atoms with Gasteiger partial charge in [0.05, 0.1) is 17.9 Å². The van der Waals surface area contributed by atoms with Gasteiger partial charge in [0, 0.05) is 32.4 Å². The van der Waals surface area contributed by atoms with E-state index in [1.54, 1.807) is 5.01 Å². The molecule has 0 aliphatic carbocycles. The van der Waals surface area contributed by atoms with Crippen LogP contribution in [0.4, 0.5) is 5.82 Å². The van der Waals surface area contributed by atoms with Gasteiger partial charge in [0.2, 0.25) is 0 Å². The van der Waals surface area contributed by atoms with Gasteiger partial charge in [-0.1, -0.05) is 11.6 Å². The molecule has 0 atom stereocenters. The van der Waals surface area contributed by atoms with Crippen molar-refractivity contribution in [2.45, 2.75) is 13.1 Å². The van der Waals surface area contributed by atoms with Crippen molar-refractivity contribution in [1.29, 1.82) is 0 Å². The first-order valence-corrected chi connectivity index (χ1v) is 6.59. The Hall–Kier alpha value is -1.66. The fourth-order valence-corrected chi connectivity index (χ4v) is 2.54. The zero-order valence-electron chi connectivity index (χ0n) is 11.0. The molecule has 2 aliphatic heterocycles. The molecule has 3 heterocycles. The van der Waals surface area contributed by atoms with Crippen LogP contribution in [0.25, 0.3) is 0 Å². The summed E-state index contributed by atoms with van der Waals surface area (Å²) in [6.45, 7) is 2.91. The monoisotopic (exact) mass is 280 g/mol. The van der Waals surface area contributed by atoms with Gasteiger partial charge in [-0.3, -0.25) is 20.0 Å². The number of anilines is 1. The molecule has 19 heavy (non-hydrogen) atoms. The zero-order valence-corrected chi connectivity index (χ0v) is 11.8. The van der Waals surface area contributed by atoms with Gasteiger partial charge in [-0.2, -0.15) is 5.10 Å². The van der Waals surface area contributed by atoms with E-state index in [1.165, 1.54) is 5.69 Å². The van der Waals surface area contributed by atoms with Crippen LogP contribution in [-0.4, -0.2) is 40.3 Å². The third-order valence-corrected chi connectivity index (χ3v) is 3.35. The summed E-state index contributed by atoms with van der Waals surface area (Å²) in [6, 6.07) is 2.08. The Morgan fingerprint density at radius 2 is 2.21 bits per heavy atom. The molecule has 102 valence electrons. The van der Waals surface area contributed by atoms with Crippen molar-refractivity contribution >= 4 is 17.4 Å². The van der Waals surface area contributed by atoms with Gasteiger partial charge in [-0.05, 0) is 13.1 Å². The number of likely N-dealkylation sites (N-methyl/N-ethyl adjacent to an activating group) is 1. The van der Waals surface area contributed by atoms with Gasteiger partial charge < -0.3 is 5.32 Å². The molecule has 0 saturated carbocycles. The second kappa shape index (κ2) is 4.79. The number of aromatic nitrogens is 2. The smallest absolute Gasteiger partial charge is 0.152 e. The molecule has 0 radical (unpaired) electrons. The highest BCUT2D eigenvalue weighted by atomic mass is 35.5. The van der Waals surface area contributed by atoms with Crippen LogP contribution in [0.3, 0.4) is 0 Å². The van der Waals surface area contributed by atoms with Crippen LogP contribution >= 0.6 is 11.6 Å². The van der Waals surface area contributed by atoms with E-state index in [0.717, 1.165) is 31.1 Å². The lowest BCUT2D eigenvalue weighted by molar-refractivity contribution is 0.259. The van der Waals surface area contributed by atoms with Crippen molar-refractivity contribution in [2.24, 2.45) is 0 Å². The molecular formula is C12H17ClN6. The fraction of sp³-hybridized carbons (Fsp3) is 0.417. The number of hydrazine groups is 1. The molecule has 0 fully saturated rings. The maximum atomic E-state index is 5.99. The van der Waals surface area contributed by atoms with Crippen molar-refractivity contribution in [3.8, 4) is 0 Å². The summed E-state index contributed by atoms with van der Waals surface area (Å²) < 4.78 is 2.05. The first-order valence-electron chi connectivity index (χ1n) is 6.21. The van der Waals surface area contributed by atoms with E-state index in [9.17, 15) is 0 Å². The quantitative estimate of drug-likeness (QED) is 0.795. The van der Waals surface area contributed by atoms with Crippen molar-refractivity contribution in [3.05, 3.63) is 34.9 Å². The van der Waals surface area contributed by atoms with Gasteiger partial charge >= 0.3 is 0 Å². The van der Waals surface area contributed by atoms with Crippen molar-refractivity contribution in [1.82, 2.24) is 25.1 Å². The number of hydrogen-bond acceptors (Lipinski definition) is 5. The van der Waals surface area contributed by atoms with Crippen LogP contribution in [0.15, 0.2) is 29.2 Å². The first-order chi connectivity index (χ1) is 9.10. The molecule has 2 N–H and O–H groups in total. The molecule has 0 aromatic carbocycles. The number of nitrogens with one attached hydrogen (secondary N) is 2. The first kappa shape index (κ1) is 12.4. The molecule has 1 aromatic rings. The largest absolute Gasteiger partial charge is 0.337 e. The summed E-state index contributed by atoms with van der Waals surface area (Å²) in [7, 11) is 4.01. The van der Waals surface area contributed by atoms with Gasteiger partial charge in [0.1, 0.15) is 5.16 Å². The van der Waals surface area contributed by atoms with E-state index in [1.807, 2.05) is 19.3 Å². The lowest BCUT2D eigenvalue weighted by Gasteiger charge is -2.22. The van der Waals surface area contributed by atoms with E-state index in [-0.39, 0.29) is 0 Å². The fourth-order valence-electron chi connectivity index (χ4n) is 2.29. The Bertz CT molecular complexity index is 546. The molecule has 0 unspecified atom stereocenters. The van der Waals surface area contributed by atoms with E-state index in [2.05, 4.69) is 38.5 Å². The Kier molecular flexibility index (Phi) is 3.12. The van der Waals surface area contributed by atoms with Crippen molar-refractivity contribution in [2.75, 3.05) is 26.0 Å². The normalized spacial score (nSPS) is 19.4. The Morgan fingerprint density at radius 1 is 1.37 bits per heavy atom. The number of halogens is 1. The maximum absolute atomic E-state index is 5.99. The van der Waals surface area contributed by atoms with Crippen LogP contribution in [0.5, 0.6) is 0 Å². The lowest BCUT2D eigenvalue weighted by Crippen LogP contribution is -2.31. The third-order valence-electron chi connectivity index (χ3n) is 3.16. The standard InChI is InChI=1S/C12H17ClN6/c1-17-3-4-19-10(8-17)6-12(16-19)14-9-5-11(13)15-18(2)7-9/h5-7,15H,3-4,8H2,1-2H3,(H,14,16). The molecule has 3 rings (SSSR count). The molecule has 0 bridgehead atoms. The second-order valence-corrected chi connectivity index (χ2v) is 5.31. The molecule has 0 saturated heterocycles. The summed E-state index contributed by atoms with van der Waals surface area (Å²) in [5, 5.41) is 10.2. The van der Waals surface area contributed by atoms with Crippen molar-refractivity contribution in [3.63, 3.8) is 0 Å². The topological polar surface area (TPSA) is 48.4 Å². The lowest BCUT2D eigenvalue weighted by atomic mass is 10.3. The van der Waals surface area contributed by atoms with E-state index in [4.69, 9.17) is 11.6 Å². The molecule has 1 aromatic heterocycles. The summed E-state index contributed by atoms with van der Waals surface area (Å²) in [4.78, 5) is 2.29. The van der Waals surface area contributed by atoms with Crippen LogP contribution in [0, 0.1) is 0 Å². The van der Waals surface area contributed by atoms with Gasteiger partial charge in [-0.25, -0.2) is 0 Å². The summed E-state index contributed by atoms with van der Waals surface area (Å²) in [5.74, 6) is 0.854. The van der Waals surface area contributed by atoms with E-state index < -0.39 is 0 Å². The van der Waals surface area contributed by atoms with Crippen LogP contribution < -0.4 is 10.7 Å². The minimum Gasteiger partial charge on any atom is -0.337 e. The summed E-state index contributed by atoms with van der Waals surface area (Å²) >= 11 is 5.99. The highest BCUT2D eigenvalue weighted by Gasteiger charge is 2.16. The molecule has 0 amide bonds. The zero-order chi connectivity index (χ0) is 13.4. The SMILES string of the molecule is CN1CCn2nc(NC3=CN(C)NC(Cl)=C3)cc2C1. The number of allylic oxidation sites excluding steroid dienone is 1. The second-order valence-electron chi connectivity index (χ2n) is 4.91. The average molecular weight is 281 g/mol. The highest BCUT2D eigenvalue weighted by Crippen LogP contribution is 2.18. The maximum Gasteiger partial charge on any atom is 0.152 e. The Balaban J connectivity index is 1.77.